The molecule has 1 fully saturated rings. The van der Waals surface area contributed by atoms with Gasteiger partial charge in [0.25, 0.3) is 6.47 Å². The van der Waals surface area contributed by atoms with Gasteiger partial charge in [-0.2, -0.15) is 0 Å². The maximum atomic E-state index is 10.9. The Morgan fingerprint density at radius 2 is 2.15 bits per heavy atom. The Labute approximate surface area is 76.9 Å². The van der Waals surface area contributed by atoms with E-state index >= 15 is 0 Å². The molecule has 1 aliphatic rings. The van der Waals surface area contributed by atoms with Crippen molar-refractivity contribution >= 4 is 12.4 Å². The average molecular weight is 186 g/mol. The molecule has 1 rings (SSSR count). The van der Waals surface area contributed by atoms with Crippen LogP contribution in [0.15, 0.2) is 0 Å². The Kier molecular flexibility index (Phi) is 2.59. The van der Waals surface area contributed by atoms with E-state index in [1.54, 1.807) is 13.8 Å². The van der Waals surface area contributed by atoms with Gasteiger partial charge in [0.1, 0.15) is 6.10 Å². The highest BCUT2D eigenvalue weighted by Crippen LogP contribution is 2.42. The third-order valence-corrected chi connectivity index (χ3v) is 2.51. The Morgan fingerprint density at radius 3 is 2.46 bits per heavy atom. The molecule has 1 N–H and O–H groups in total. The fourth-order valence-electron chi connectivity index (χ4n) is 1.45. The van der Waals surface area contributed by atoms with Crippen molar-refractivity contribution in [3.8, 4) is 0 Å². The van der Waals surface area contributed by atoms with Crippen LogP contribution in [0.25, 0.3) is 0 Å². The summed E-state index contributed by atoms with van der Waals surface area (Å²) in [5, 5.41) is 8.92. The number of carbonyl (C=O) groups excluding carboxylic acids is 1. The minimum Gasteiger partial charge on any atom is -0.481 e. The molecule has 0 heterocycles. The van der Waals surface area contributed by atoms with Gasteiger partial charge in [-0.15, -0.1) is 0 Å². The van der Waals surface area contributed by atoms with Crippen molar-refractivity contribution in [1.82, 2.24) is 0 Å². The van der Waals surface area contributed by atoms with Crippen LogP contribution in [0, 0.1) is 11.3 Å². The molecule has 0 saturated heterocycles. The van der Waals surface area contributed by atoms with Crippen LogP contribution in [-0.2, 0) is 14.3 Å². The number of carboxylic acids is 1. The topological polar surface area (TPSA) is 63.6 Å². The summed E-state index contributed by atoms with van der Waals surface area (Å²) in [5.74, 6) is -0.692. The van der Waals surface area contributed by atoms with Crippen molar-refractivity contribution in [1.29, 1.82) is 0 Å². The summed E-state index contributed by atoms with van der Waals surface area (Å²) >= 11 is 0. The lowest BCUT2D eigenvalue weighted by molar-refractivity contribution is -0.161. The van der Waals surface area contributed by atoms with Crippen LogP contribution in [0.4, 0.5) is 0 Å². The largest absolute Gasteiger partial charge is 0.481 e. The number of rotatable bonds is 5. The van der Waals surface area contributed by atoms with E-state index in [0.717, 1.165) is 12.8 Å². The second-order valence-electron chi connectivity index (χ2n) is 4.02. The molecule has 1 saturated carbocycles. The van der Waals surface area contributed by atoms with Gasteiger partial charge in [0.2, 0.25) is 0 Å². The first-order valence-corrected chi connectivity index (χ1v) is 4.32. The minimum absolute atomic E-state index is 0.233. The molecule has 0 aromatic rings. The van der Waals surface area contributed by atoms with Crippen LogP contribution in [0.2, 0.25) is 0 Å². The first-order valence-electron chi connectivity index (χ1n) is 4.32. The third-order valence-electron chi connectivity index (χ3n) is 2.51. The van der Waals surface area contributed by atoms with E-state index in [-0.39, 0.29) is 5.92 Å². The van der Waals surface area contributed by atoms with Gasteiger partial charge < -0.3 is 9.84 Å². The molecule has 1 unspecified atom stereocenters. The van der Waals surface area contributed by atoms with Gasteiger partial charge in [-0.3, -0.25) is 9.59 Å². The molecule has 0 radical (unpaired) electrons. The van der Waals surface area contributed by atoms with Crippen molar-refractivity contribution < 1.29 is 19.4 Å². The van der Waals surface area contributed by atoms with Gasteiger partial charge in [0.05, 0.1) is 5.41 Å². The summed E-state index contributed by atoms with van der Waals surface area (Å²) in [6.45, 7) is 3.51. The molecule has 0 aromatic heterocycles. The van der Waals surface area contributed by atoms with E-state index in [4.69, 9.17) is 9.84 Å². The van der Waals surface area contributed by atoms with Crippen LogP contribution < -0.4 is 0 Å². The monoisotopic (exact) mass is 186 g/mol. The fourth-order valence-corrected chi connectivity index (χ4v) is 1.45. The molecular formula is C9H14O4. The van der Waals surface area contributed by atoms with Gasteiger partial charge in [0, 0.05) is 0 Å². The molecule has 0 aliphatic heterocycles. The molecule has 13 heavy (non-hydrogen) atoms. The molecule has 4 nitrogen and oxygen atoms in total. The van der Waals surface area contributed by atoms with E-state index in [9.17, 15) is 9.59 Å². The summed E-state index contributed by atoms with van der Waals surface area (Å²) < 4.78 is 4.83. The van der Waals surface area contributed by atoms with Crippen LogP contribution in [0.1, 0.15) is 26.7 Å². The molecule has 0 bridgehead atoms. The maximum Gasteiger partial charge on any atom is 0.312 e. The first kappa shape index (κ1) is 10.0. The highest BCUT2D eigenvalue weighted by Gasteiger charge is 2.47. The van der Waals surface area contributed by atoms with Crippen molar-refractivity contribution in [2.45, 2.75) is 32.8 Å². The highest BCUT2D eigenvalue weighted by molar-refractivity contribution is 5.74. The van der Waals surface area contributed by atoms with Gasteiger partial charge >= 0.3 is 5.97 Å². The SMILES string of the molecule is CC(C)(C(=O)O)C(OC=O)C1CC1. The quantitative estimate of drug-likeness (QED) is 0.652. The Bertz CT molecular complexity index is 218. The lowest BCUT2D eigenvalue weighted by Crippen LogP contribution is -2.40. The van der Waals surface area contributed by atoms with Crippen molar-refractivity contribution in [3.63, 3.8) is 0 Å². The number of hydrogen-bond acceptors (Lipinski definition) is 3. The van der Waals surface area contributed by atoms with Crippen LogP contribution in [0.5, 0.6) is 0 Å². The first-order chi connectivity index (χ1) is 6.00. The van der Waals surface area contributed by atoms with E-state index in [2.05, 4.69) is 0 Å². The van der Waals surface area contributed by atoms with Gasteiger partial charge in [0.15, 0.2) is 0 Å². The summed E-state index contributed by atoms with van der Waals surface area (Å²) in [6.07, 6.45) is 1.42. The number of aliphatic carboxylic acids is 1. The number of ether oxygens (including phenoxy) is 1. The molecule has 0 amide bonds. The molecule has 0 spiro atoms. The van der Waals surface area contributed by atoms with Crippen LogP contribution in [-0.4, -0.2) is 23.7 Å². The zero-order valence-corrected chi connectivity index (χ0v) is 7.82. The second-order valence-corrected chi connectivity index (χ2v) is 4.02. The van der Waals surface area contributed by atoms with E-state index in [0.29, 0.717) is 6.47 Å². The zero-order chi connectivity index (χ0) is 10.1. The maximum absolute atomic E-state index is 10.9. The summed E-state index contributed by atoms with van der Waals surface area (Å²) in [5.41, 5.74) is -0.984. The summed E-state index contributed by atoms with van der Waals surface area (Å²) in [4.78, 5) is 21.1. The highest BCUT2D eigenvalue weighted by atomic mass is 16.5. The average Bonchev–Trinajstić information content (AvgIpc) is 2.82. The molecule has 0 aromatic carbocycles. The van der Waals surface area contributed by atoms with Crippen molar-refractivity contribution in [2.75, 3.05) is 0 Å². The van der Waals surface area contributed by atoms with Crippen molar-refractivity contribution in [3.05, 3.63) is 0 Å². The Balaban J connectivity index is 2.72. The third kappa shape index (κ3) is 1.99. The van der Waals surface area contributed by atoms with E-state index in [1.807, 2.05) is 0 Å². The molecular weight excluding hydrogens is 172 g/mol. The second kappa shape index (κ2) is 3.36. The Morgan fingerprint density at radius 1 is 1.62 bits per heavy atom. The molecule has 1 aliphatic carbocycles. The molecule has 4 heteroatoms. The zero-order valence-electron chi connectivity index (χ0n) is 7.82. The summed E-state index contributed by atoms with van der Waals surface area (Å²) in [6, 6.07) is 0. The van der Waals surface area contributed by atoms with Crippen LogP contribution in [0.3, 0.4) is 0 Å². The smallest absolute Gasteiger partial charge is 0.312 e. The normalized spacial score (nSPS) is 19.2. The minimum atomic E-state index is -0.984. The lowest BCUT2D eigenvalue weighted by Gasteiger charge is -2.28. The predicted octanol–water partition coefficient (Wildman–Crippen LogP) is 1.05. The van der Waals surface area contributed by atoms with Gasteiger partial charge in [-0.1, -0.05) is 0 Å². The van der Waals surface area contributed by atoms with Crippen molar-refractivity contribution in [2.24, 2.45) is 11.3 Å². The molecule has 74 valence electrons. The summed E-state index contributed by atoms with van der Waals surface area (Å²) in [7, 11) is 0. The predicted molar refractivity (Wildman–Crippen MR) is 45.1 cm³/mol. The van der Waals surface area contributed by atoms with Crippen LogP contribution >= 0.6 is 0 Å². The number of hydrogen-bond donors (Lipinski definition) is 1. The lowest BCUT2D eigenvalue weighted by atomic mass is 9.84. The fraction of sp³-hybridized carbons (Fsp3) is 0.778. The van der Waals surface area contributed by atoms with E-state index < -0.39 is 17.5 Å². The standard InChI is InChI=1S/C9H14O4/c1-9(2,8(11)12)7(13-5-10)6-3-4-6/h5-7H,3-4H2,1-2H3,(H,11,12). The number of carbonyl (C=O) groups is 2. The number of carboxylic acid groups (broad SMARTS) is 1. The molecule has 1 atom stereocenters. The van der Waals surface area contributed by atoms with E-state index in [1.165, 1.54) is 0 Å². The van der Waals surface area contributed by atoms with Gasteiger partial charge in [-0.25, -0.2) is 0 Å². The Hall–Kier alpha value is -1.06. The van der Waals surface area contributed by atoms with Gasteiger partial charge in [-0.05, 0) is 32.6 Å².